The maximum Gasteiger partial charge on any atom is 0.254 e. The standard InChI is InChI=1S/C14H16N4O/c15-17-13-9-11(14(19)18-7-3-4-8-18)10-5-1-2-6-12(10)16-13/h1-2,5-6,9H,3-4,7-8,15H2,(H,16,17). The Bertz CT molecular complexity index is 620. The zero-order chi connectivity index (χ0) is 13.2. The minimum absolute atomic E-state index is 0.0626. The number of aromatic nitrogens is 1. The van der Waals surface area contributed by atoms with E-state index >= 15 is 0 Å². The molecule has 1 aliphatic rings. The first-order valence-corrected chi connectivity index (χ1v) is 6.45. The van der Waals surface area contributed by atoms with Crippen molar-refractivity contribution in [3.8, 4) is 0 Å². The fourth-order valence-corrected chi connectivity index (χ4v) is 2.52. The van der Waals surface area contributed by atoms with Crippen LogP contribution in [-0.4, -0.2) is 28.9 Å². The third-order valence-corrected chi connectivity index (χ3v) is 3.49. The molecular weight excluding hydrogens is 240 g/mol. The van der Waals surface area contributed by atoms with E-state index in [9.17, 15) is 4.79 Å². The van der Waals surface area contributed by atoms with E-state index in [4.69, 9.17) is 5.84 Å². The lowest BCUT2D eigenvalue weighted by Crippen LogP contribution is -2.28. The maximum atomic E-state index is 12.6. The van der Waals surface area contributed by atoms with Gasteiger partial charge in [-0.1, -0.05) is 18.2 Å². The summed E-state index contributed by atoms with van der Waals surface area (Å²) in [5.74, 6) is 6.00. The lowest BCUT2D eigenvalue weighted by molar-refractivity contribution is 0.0795. The van der Waals surface area contributed by atoms with E-state index in [1.165, 1.54) is 0 Å². The number of rotatable bonds is 2. The monoisotopic (exact) mass is 256 g/mol. The van der Waals surface area contributed by atoms with Gasteiger partial charge in [-0.05, 0) is 25.0 Å². The highest BCUT2D eigenvalue weighted by Gasteiger charge is 2.21. The average Bonchev–Trinajstić information content (AvgIpc) is 2.99. The number of nitrogens with zero attached hydrogens (tertiary/aromatic N) is 2. The Kier molecular flexibility index (Phi) is 3.05. The number of para-hydroxylation sites is 1. The predicted molar refractivity (Wildman–Crippen MR) is 74.7 cm³/mol. The molecule has 1 aromatic carbocycles. The van der Waals surface area contributed by atoms with Crippen LogP contribution in [0.2, 0.25) is 0 Å². The molecule has 0 atom stereocenters. The van der Waals surface area contributed by atoms with E-state index < -0.39 is 0 Å². The molecule has 1 fully saturated rings. The molecule has 0 aliphatic carbocycles. The van der Waals surface area contributed by atoms with Crippen LogP contribution in [0.3, 0.4) is 0 Å². The smallest absolute Gasteiger partial charge is 0.254 e. The number of anilines is 1. The Labute approximate surface area is 111 Å². The minimum atomic E-state index is 0.0626. The van der Waals surface area contributed by atoms with E-state index in [2.05, 4.69) is 10.4 Å². The first kappa shape index (κ1) is 11.9. The Morgan fingerprint density at radius 2 is 2.00 bits per heavy atom. The summed E-state index contributed by atoms with van der Waals surface area (Å²) < 4.78 is 0. The Hall–Kier alpha value is -2.14. The van der Waals surface area contributed by atoms with Gasteiger partial charge in [-0.25, -0.2) is 10.8 Å². The number of benzene rings is 1. The molecule has 3 rings (SSSR count). The van der Waals surface area contributed by atoms with Crippen molar-refractivity contribution in [2.75, 3.05) is 18.5 Å². The molecule has 0 saturated carbocycles. The first-order valence-electron chi connectivity index (χ1n) is 6.45. The van der Waals surface area contributed by atoms with E-state index in [0.717, 1.165) is 36.8 Å². The van der Waals surface area contributed by atoms with Crippen molar-refractivity contribution in [3.63, 3.8) is 0 Å². The van der Waals surface area contributed by atoms with Crippen molar-refractivity contribution in [3.05, 3.63) is 35.9 Å². The summed E-state index contributed by atoms with van der Waals surface area (Å²) in [7, 11) is 0. The predicted octanol–water partition coefficient (Wildman–Crippen LogP) is 1.76. The van der Waals surface area contributed by atoms with Gasteiger partial charge in [-0.3, -0.25) is 4.79 Å². The number of amides is 1. The van der Waals surface area contributed by atoms with Crippen molar-refractivity contribution in [2.45, 2.75) is 12.8 Å². The number of nitrogens with one attached hydrogen (secondary N) is 1. The molecule has 98 valence electrons. The maximum absolute atomic E-state index is 12.6. The second-order valence-corrected chi connectivity index (χ2v) is 4.72. The molecule has 0 bridgehead atoms. The third-order valence-electron chi connectivity index (χ3n) is 3.49. The molecule has 3 N–H and O–H groups in total. The van der Waals surface area contributed by atoms with Crippen LogP contribution in [0.5, 0.6) is 0 Å². The number of hydrogen-bond donors (Lipinski definition) is 2. The van der Waals surface area contributed by atoms with E-state index in [-0.39, 0.29) is 5.91 Å². The highest BCUT2D eigenvalue weighted by atomic mass is 16.2. The number of hydrogen-bond acceptors (Lipinski definition) is 4. The van der Waals surface area contributed by atoms with Crippen LogP contribution in [0.4, 0.5) is 5.82 Å². The van der Waals surface area contributed by atoms with Gasteiger partial charge in [0.1, 0.15) is 5.82 Å². The van der Waals surface area contributed by atoms with E-state index in [0.29, 0.717) is 11.4 Å². The van der Waals surface area contributed by atoms with Gasteiger partial charge in [-0.15, -0.1) is 0 Å². The third kappa shape index (κ3) is 2.13. The van der Waals surface area contributed by atoms with Crippen LogP contribution in [0, 0.1) is 0 Å². The minimum Gasteiger partial charge on any atom is -0.339 e. The molecule has 5 nitrogen and oxygen atoms in total. The fraction of sp³-hybridized carbons (Fsp3) is 0.286. The summed E-state index contributed by atoms with van der Waals surface area (Å²) in [6.45, 7) is 1.67. The number of nitrogen functional groups attached to an aromatic ring is 1. The molecular formula is C14H16N4O. The summed E-state index contributed by atoms with van der Waals surface area (Å²) >= 11 is 0. The molecule has 1 aromatic heterocycles. The van der Waals surface area contributed by atoms with Crippen molar-refractivity contribution >= 4 is 22.6 Å². The van der Waals surface area contributed by atoms with Crippen molar-refractivity contribution in [1.29, 1.82) is 0 Å². The van der Waals surface area contributed by atoms with Gasteiger partial charge in [0.05, 0.1) is 11.1 Å². The molecule has 0 spiro atoms. The van der Waals surface area contributed by atoms with Gasteiger partial charge in [0.15, 0.2) is 0 Å². The normalized spacial score (nSPS) is 14.9. The molecule has 2 aromatic rings. The van der Waals surface area contributed by atoms with Crippen molar-refractivity contribution in [1.82, 2.24) is 9.88 Å². The quantitative estimate of drug-likeness (QED) is 0.634. The summed E-state index contributed by atoms with van der Waals surface area (Å²) in [6, 6.07) is 9.35. The molecule has 5 heteroatoms. The Morgan fingerprint density at radius 1 is 1.26 bits per heavy atom. The molecule has 1 amide bonds. The lowest BCUT2D eigenvalue weighted by Gasteiger charge is -2.17. The number of nitrogens with two attached hydrogens (primary N) is 1. The fourth-order valence-electron chi connectivity index (χ4n) is 2.52. The number of carbonyl (C=O) groups is 1. The number of carbonyl (C=O) groups excluding carboxylic acids is 1. The van der Waals surface area contributed by atoms with Crippen LogP contribution in [-0.2, 0) is 0 Å². The average molecular weight is 256 g/mol. The van der Waals surface area contributed by atoms with E-state index in [1.54, 1.807) is 6.07 Å². The first-order chi connectivity index (χ1) is 9.29. The molecule has 19 heavy (non-hydrogen) atoms. The Morgan fingerprint density at radius 3 is 2.74 bits per heavy atom. The van der Waals surface area contributed by atoms with Crippen molar-refractivity contribution in [2.24, 2.45) is 5.84 Å². The Balaban J connectivity index is 2.12. The van der Waals surface area contributed by atoms with Crippen LogP contribution in [0.25, 0.3) is 10.9 Å². The molecule has 2 heterocycles. The van der Waals surface area contributed by atoms with Gasteiger partial charge < -0.3 is 10.3 Å². The van der Waals surface area contributed by atoms with Crippen molar-refractivity contribution < 1.29 is 4.79 Å². The highest BCUT2D eigenvalue weighted by molar-refractivity contribution is 6.07. The number of pyridine rings is 1. The molecule has 1 aliphatic heterocycles. The summed E-state index contributed by atoms with van der Waals surface area (Å²) in [6.07, 6.45) is 2.16. The van der Waals surface area contributed by atoms with E-state index in [1.807, 2.05) is 29.2 Å². The molecule has 1 saturated heterocycles. The summed E-state index contributed by atoms with van der Waals surface area (Å²) in [5, 5.41) is 0.874. The van der Waals surface area contributed by atoms with Crippen LogP contribution >= 0.6 is 0 Å². The molecule has 0 radical (unpaired) electrons. The number of likely N-dealkylation sites (tertiary alicyclic amines) is 1. The van der Waals surface area contributed by atoms with Crippen LogP contribution in [0.1, 0.15) is 23.2 Å². The van der Waals surface area contributed by atoms with Gasteiger partial charge in [0, 0.05) is 18.5 Å². The zero-order valence-corrected chi connectivity index (χ0v) is 10.6. The summed E-state index contributed by atoms with van der Waals surface area (Å²) in [4.78, 5) is 18.8. The summed E-state index contributed by atoms with van der Waals surface area (Å²) in [5.41, 5.74) is 3.97. The largest absolute Gasteiger partial charge is 0.339 e. The van der Waals surface area contributed by atoms with Gasteiger partial charge >= 0.3 is 0 Å². The number of hydrazine groups is 1. The second kappa shape index (κ2) is 4.85. The van der Waals surface area contributed by atoms with Gasteiger partial charge in [0.2, 0.25) is 0 Å². The number of fused-ring (bicyclic) bond motifs is 1. The van der Waals surface area contributed by atoms with Gasteiger partial charge in [-0.2, -0.15) is 0 Å². The van der Waals surface area contributed by atoms with Crippen LogP contribution in [0.15, 0.2) is 30.3 Å². The van der Waals surface area contributed by atoms with Crippen LogP contribution < -0.4 is 11.3 Å². The SMILES string of the molecule is NNc1cc(C(=O)N2CCCC2)c2ccccc2n1. The lowest BCUT2D eigenvalue weighted by atomic mass is 10.1. The zero-order valence-electron chi connectivity index (χ0n) is 10.6. The molecule has 0 unspecified atom stereocenters. The highest BCUT2D eigenvalue weighted by Crippen LogP contribution is 2.23. The van der Waals surface area contributed by atoms with Gasteiger partial charge in [0.25, 0.3) is 5.91 Å². The second-order valence-electron chi connectivity index (χ2n) is 4.72. The topological polar surface area (TPSA) is 71.2 Å².